The van der Waals surface area contributed by atoms with Crippen LogP contribution in [-0.4, -0.2) is 19.0 Å². The first kappa shape index (κ1) is 12.0. The number of rotatable bonds is 2. The molecule has 17 heavy (non-hydrogen) atoms. The first-order valence-corrected chi connectivity index (χ1v) is 5.63. The molecule has 0 unspecified atom stereocenters. The van der Waals surface area contributed by atoms with Crippen molar-refractivity contribution in [2.45, 2.75) is 12.8 Å². The Bertz CT molecular complexity index is 417. The summed E-state index contributed by atoms with van der Waals surface area (Å²) in [5, 5.41) is 5.65. The zero-order valence-electron chi connectivity index (χ0n) is 9.30. The van der Waals surface area contributed by atoms with E-state index >= 15 is 0 Å². The molecule has 1 heterocycles. The van der Waals surface area contributed by atoms with Gasteiger partial charge in [0.25, 0.3) is 0 Å². The number of carbonyl (C=O) groups excluding carboxylic acids is 1. The second kappa shape index (κ2) is 5.23. The van der Waals surface area contributed by atoms with Crippen LogP contribution in [0.25, 0.3) is 0 Å². The van der Waals surface area contributed by atoms with Crippen LogP contribution in [0, 0.1) is 17.6 Å². The van der Waals surface area contributed by atoms with Crippen LogP contribution in [0.15, 0.2) is 18.2 Å². The van der Waals surface area contributed by atoms with Gasteiger partial charge in [-0.2, -0.15) is 0 Å². The molecule has 0 spiro atoms. The largest absolute Gasteiger partial charge is 0.323 e. The molecule has 0 bridgehead atoms. The third-order valence-corrected chi connectivity index (χ3v) is 2.90. The summed E-state index contributed by atoms with van der Waals surface area (Å²) in [6.45, 7) is 1.59. The van der Waals surface area contributed by atoms with E-state index in [-0.39, 0.29) is 17.5 Å². The lowest BCUT2D eigenvalue weighted by atomic mass is 9.97. The Morgan fingerprint density at radius 1 is 1.29 bits per heavy atom. The van der Waals surface area contributed by atoms with Crippen molar-refractivity contribution >= 4 is 11.6 Å². The fourth-order valence-corrected chi connectivity index (χ4v) is 1.91. The minimum atomic E-state index is -0.743. The van der Waals surface area contributed by atoms with E-state index in [2.05, 4.69) is 10.6 Å². The molecule has 1 aliphatic rings. The maximum absolute atomic E-state index is 13.3. The summed E-state index contributed by atoms with van der Waals surface area (Å²) in [5.41, 5.74) is 0.0370. The number of carbonyl (C=O) groups is 1. The molecule has 1 amide bonds. The minimum Gasteiger partial charge on any atom is -0.323 e. The standard InChI is InChI=1S/C12H14F2N2O/c13-9-1-2-11(10(14)7-9)16-12(17)8-3-5-15-6-4-8/h1-2,7-8,15H,3-6H2,(H,16,17). The molecule has 5 heteroatoms. The van der Waals surface area contributed by atoms with Gasteiger partial charge in [0, 0.05) is 12.0 Å². The monoisotopic (exact) mass is 240 g/mol. The van der Waals surface area contributed by atoms with Crippen molar-refractivity contribution in [3.05, 3.63) is 29.8 Å². The van der Waals surface area contributed by atoms with Crippen LogP contribution in [0.5, 0.6) is 0 Å². The molecule has 1 aromatic carbocycles. The molecule has 92 valence electrons. The fourth-order valence-electron chi connectivity index (χ4n) is 1.91. The quantitative estimate of drug-likeness (QED) is 0.829. The van der Waals surface area contributed by atoms with Crippen molar-refractivity contribution in [1.82, 2.24) is 5.32 Å². The predicted octanol–water partition coefficient (Wildman–Crippen LogP) is 1.90. The van der Waals surface area contributed by atoms with Crippen LogP contribution < -0.4 is 10.6 Å². The lowest BCUT2D eigenvalue weighted by molar-refractivity contribution is -0.120. The first-order valence-electron chi connectivity index (χ1n) is 5.63. The highest BCUT2D eigenvalue weighted by Gasteiger charge is 2.21. The lowest BCUT2D eigenvalue weighted by Gasteiger charge is -2.21. The van der Waals surface area contributed by atoms with E-state index in [4.69, 9.17) is 0 Å². The molecule has 0 aliphatic carbocycles. The number of piperidine rings is 1. The van der Waals surface area contributed by atoms with Gasteiger partial charge in [-0.05, 0) is 38.1 Å². The number of benzene rings is 1. The van der Waals surface area contributed by atoms with Crippen molar-refractivity contribution in [2.75, 3.05) is 18.4 Å². The highest BCUT2D eigenvalue weighted by Crippen LogP contribution is 2.18. The summed E-state index contributed by atoms with van der Waals surface area (Å²) < 4.78 is 26.0. The van der Waals surface area contributed by atoms with E-state index in [0.717, 1.165) is 38.1 Å². The molecule has 0 atom stereocenters. The van der Waals surface area contributed by atoms with Gasteiger partial charge < -0.3 is 10.6 Å². The highest BCUT2D eigenvalue weighted by molar-refractivity contribution is 5.92. The molecule has 1 aromatic rings. The third-order valence-electron chi connectivity index (χ3n) is 2.90. The zero-order chi connectivity index (χ0) is 12.3. The summed E-state index contributed by atoms with van der Waals surface area (Å²) in [6.07, 6.45) is 1.49. The van der Waals surface area contributed by atoms with Crippen molar-refractivity contribution in [3.8, 4) is 0 Å². The summed E-state index contributed by atoms with van der Waals surface area (Å²) in [7, 11) is 0. The van der Waals surface area contributed by atoms with Crippen LogP contribution in [-0.2, 0) is 4.79 Å². The maximum atomic E-state index is 13.3. The van der Waals surface area contributed by atoms with E-state index in [1.807, 2.05) is 0 Å². The highest BCUT2D eigenvalue weighted by atomic mass is 19.1. The van der Waals surface area contributed by atoms with Crippen LogP contribution >= 0.6 is 0 Å². The number of anilines is 1. The van der Waals surface area contributed by atoms with E-state index in [1.165, 1.54) is 6.07 Å². The third kappa shape index (κ3) is 3.00. The summed E-state index contributed by atoms with van der Waals surface area (Å²) in [6, 6.07) is 3.13. The van der Waals surface area contributed by atoms with Crippen LogP contribution in [0.1, 0.15) is 12.8 Å². The minimum absolute atomic E-state index is 0.0370. The Balaban J connectivity index is 2.02. The normalized spacial score (nSPS) is 16.8. The van der Waals surface area contributed by atoms with Gasteiger partial charge in [-0.1, -0.05) is 0 Å². The van der Waals surface area contributed by atoms with Gasteiger partial charge in [-0.3, -0.25) is 4.79 Å². The van der Waals surface area contributed by atoms with E-state index < -0.39 is 11.6 Å². The molecule has 0 radical (unpaired) electrons. The first-order chi connectivity index (χ1) is 8.16. The average molecular weight is 240 g/mol. The van der Waals surface area contributed by atoms with E-state index in [9.17, 15) is 13.6 Å². The number of amides is 1. The average Bonchev–Trinajstić information content (AvgIpc) is 2.34. The molecule has 2 rings (SSSR count). The summed E-state index contributed by atoms with van der Waals surface area (Å²) in [4.78, 5) is 11.8. The Labute approximate surface area is 98.2 Å². The molecule has 1 fully saturated rings. The Morgan fingerprint density at radius 3 is 2.65 bits per heavy atom. The Hall–Kier alpha value is -1.49. The molecule has 1 aliphatic heterocycles. The van der Waals surface area contributed by atoms with Crippen molar-refractivity contribution < 1.29 is 13.6 Å². The molecule has 0 saturated carbocycles. The number of nitrogens with one attached hydrogen (secondary N) is 2. The van der Waals surface area contributed by atoms with Gasteiger partial charge in [0.15, 0.2) is 0 Å². The Morgan fingerprint density at radius 2 is 2.00 bits per heavy atom. The predicted molar refractivity (Wildman–Crippen MR) is 60.6 cm³/mol. The van der Waals surface area contributed by atoms with Gasteiger partial charge in [0.1, 0.15) is 11.6 Å². The second-order valence-corrected chi connectivity index (χ2v) is 4.14. The zero-order valence-corrected chi connectivity index (χ0v) is 9.30. The van der Waals surface area contributed by atoms with Gasteiger partial charge in [0.2, 0.25) is 5.91 Å². The van der Waals surface area contributed by atoms with Crippen molar-refractivity contribution in [3.63, 3.8) is 0 Å². The molecule has 2 N–H and O–H groups in total. The molecule has 3 nitrogen and oxygen atoms in total. The molecule has 0 aromatic heterocycles. The van der Waals surface area contributed by atoms with E-state index in [0.29, 0.717) is 0 Å². The van der Waals surface area contributed by atoms with Gasteiger partial charge in [-0.25, -0.2) is 8.78 Å². The fraction of sp³-hybridized carbons (Fsp3) is 0.417. The molecule has 1 saturated heterocycles. The number of hydrogen-bond donors (Lipinski definition) is 2. The van der Waals surface area contributed by atoms with Crippen LogP contribution in [0.3, 0.4) is 0 Å². The number of hydrogen-bond acceptors (Lipinski definition) is 2. The second-order valence-electron chi connectivity index (χ2n) is 4.14. The maximum Gasteiger partial charge on any atom is 0.227 e. The lowest BCUT2D eigenvalue weighted by Crippen LogP contribution is -2.34. The smallest absolute Gasteiger partial charge is 0.227 e. The van der Waals surface area contributed by atoms with Crippen molar-refractivity contribution in [1.29, 1.82) is 0 Å². The topological polar surface area (TPSA) is 41.1 Å². The van der Waals surface area contributed by atoms with Gasteiger partial charge in [0.05, 0.1) is 5.69 Å². The van der Waals surface area contributed by atoms with Gasteiger partial charge >= 0.3 is 0 Å². The molecular formula is C12H14F2N2O. The number of halogens is 2. The summed E-state index contributed by atoms with van der Waals surface area (Å²) >= 11 is 0. The SMILES string of the molecule is O=C(Nc1ccc(F)cc1F)C1CCNCC1. The van der Waals surface area contributed by atoms with Crippen LogP contribution in [0.2, 0.25) is 0 Å². The summed E-state index contributed by atoms with van der Waals surface area (Å²) in [5.74, 6) is -1.69. The molecular weight excluding hydrogens is 226 g/mol. The van der Waals surface area contributed by atoms with Gasteiger partial charge in [-0.15, -0.1) is 0 Å². The van der Waals surface area contributed by atoms with Crippen molar-refractivity contribution in [2.24, 2.45) is 5.92 Å². The Kier molecular flexibility index (Phi) is 3.68. The van der Waals surface area contributed by atoms with Crippen LogP contribution in [0.4, 0.5) is 14.5 Å². The van der Waals surface area contributed by atoms with E-state index in [1.54, 1.807) is 0 Å².